The van der Waals surface area contributed by atoms with Gasteiger partial charge in [-0.3, -0.25) is 9.59 Å². The van der Waals surface area contributed by atoms with E-state index >= 15 is 0 Å². The van der Waals surface area contributed by atoms with Gasteiger partial charge in [0.25, 0.3) is 11.8 Å². The van der Waals surface area contributed by atoms with E-state index < -0.39 is 0 Å². The van der Waals surface area contributed by atoms with Gasteiger partial charge in [0.1, 0.15) is 11.9 Å². The molecule has 3 rings (SSSR count). The van der Waals surface area contributed by atoms with Crippen molar-refractivity contribution in [2.24, 2.45) is 5.73 Å². The predicted molar refractivity (Wildman–Crippen MR) is 94.7 cm³/mol. The zero-order valence-corrected chi connectivity index (χ0v) is 15.2. The summed E-state index contributed by atoms with van der Waals surface area (Å²) in [5.41, 5.74) is 6.16. The third-order valence-electron chi connectivity index (χ3n) is 4.89. The lowest BCUT2D eigenvalue weighted by molar-refractivity contribution is -0.143. The lowest BCUT2D eigenvalue weighted by Crippen LogP contribution is -2.49. The Hall–Kier alpha value is -1.57. The molecular formula is C17H26ClN3O4. The molecule has 1 aromatic rings. The van der Waals surface area contributed by atoms with Crippen LogP contribution in [0.4, 0.5) is 0 Å². The molecule has 2 saturated heterocycles. The summed E-state index contributed by atoms with van der Waals surface area (Å²) in [5, 5.41) is 3.02. The molecule has 0 unspecified atom stereocenters. The molecule has 0 radical (unpaired) electrons. The average Bonchev–Trinajstić information content (AvgIpc) is 3.23. The number of carbonyl (C=O) groups is 2. The van der Waals surface area contributed by atoms with Crippen molar-refractivity contribution in [2.45, 2.75) is 50.9 Å². The van der Waals surface area contributed by atoms with Crippen LogP contribution >= 0.6 is 12.4 Å². The van der Waals surface area contributed by atoms with Crippen LogP contribution in [0.15, 0.2) is 16.7 Å². The van der Waals surface area contributed by atoms with Crippen LogP contribution in [-0.2, 0) is 9.53 Å². The number of nitrogens with one attached hydrogen (secondary N) is 1. The number of aryl methyl sites for hydroxylation is 1. The molecule has 0 bridgehead atoms. The zero-order chi connectivity index (χ0) is 17.1. The van der Waals surface area contributed by atoms with Crippen molar-refractivity contribution >= 4 is 24.2 Å². The van der Waals surface area contributed by atoms with E-state index in [0.717, 1.165) is 25.7 Å². The number of halogens is 1. The van der Waals surface area contributed by atoms with Crippen molar-refractivity contribution in [1.82, 2.24) is 10.2 Å². The SMILES string of the molecule is Cc1occc1C(=O)NC1CCN(C(=O)[C@@H]2CC[C@H](CN)O2)CC1.Cl. The Kier molecular flexibility index (Phi) is 6.87. The molecule has 2 aliphatic heterocycles. The van der Waals surface area contributed by atoms with Gasteiger partial charge in [-0.2, -0.15) is 0 Å². The molecule has 2 amide bonds. The third-order valence-corrected chi connectivity index (χ3v) is 4.89. The molecule has 140 valence electrons. The third kappa shape index (κ3) is 4.54. The first-order valence-corrected chi connectivity index (χ1v) is 8.57. The summed E-state index contributed by atoms with van der Waals surface area (Å²) in [6.07, 6.45) is 4.28. The maximum absolute atomic E-state index is 12.5. The lowest BCUT2D eigenvalue weighted by Gasteiger charge is -2.33. The highest BCUT2D eigenvalue weighted by Gasteiger charge is 2.34. The van der Waals surface area contributed by atoms with Gasteiger partial charge in [-0.05, 0) is 38.7 Å². The van der Waals surface area contributed by atoms with Crippen LogP contribution in [0.3, 0.4) is 0 Å². The van der Waals surface area contributed by atoms with Gasteiger partial charge < -0.3 is 25.1 Å². The van der Waals surface area contributed by atoms with Gasteiger partial charge >= 0.3 is 0 Å². The first-order valence-electron chi connectivity index (χ1n) is 8.57. The van der Waals surface area contributed by atoms with Crippen LogP contribution in [0.25, 0.3) is 0 Å². The molecule has 25 heavy (non-hydrogen) atoms. The molecule has 0 aromatic carbocycles. The van der Waals surface area contributed by atoms with Crippen molar-refractivity contribution in [2.75, 3.05) is 19.6 Å². The Morgan fingerprint density at radius 3 is 2.56 bits per heavy atom. The monoisotopic (exact) mass is 371 g/mol. The Labute approximate surface area is 153 Å². The lowest BCUT2D eigenvalue weighted by atomic mass is 10.0. The molecule has 8 heteroatoms. The van der Waals surface area contributed by atoms with Gasteiger partial charge in [0.15, 0.2) is 0 Å². The molecule has 0 aliphatic carbocycles. The summed E-state index contributed by atoms with van der Waals surface area (Å²) < 4.78 is 10.8. The van der Waals surface area contributed by atoms with Gasteiger partial charge in [-0.1, -0.05) is 0 Å². The summed E-state index contributed by atoms with van der Waals surface area (Å²) in [6, 6.07) is 1.76. The molecule has 0 saturated carbocycles. The quantitative estimate of drug-likeness (QED) is 0.829. The van der Waals surface area contributed by atoms with Crippen LogP contribution in [0.5, 0.6) is 0 Å². The van der Waals surface area contributed by atoms with Crippen LogP contribution in [0.1, 0.15) is 41.8 Å². The first-order chi connectivity index (χ1) is 11.6. The van der Waals surface area contributed by atoms with Crippen LogP contribution in [-0.4, -0.2) is 54.6 Å². The number of nitrogens with zero attached hydrogens (tertiary/aromatic N) is 1. The smallest absolute Gasteiger partial charge is 0.255 e. The van der Waals surface area contributed by atoms with E-state index in [-0.39, 0.29) is 42.5 Å². The zero-order valence-electron chi connectivity index (χ0n) is 14.4. The highest BCUT2D eigenvalue weighted by molar-refractivity contribution is 5.95. The second kappa shape index (κ2) is 8.69. The van der Waals surface area contributed by atoms with Gasteiger partial charge in [-0.15, -0.1) is 12.4 Å². The number of ether oxygens (including phenoxy) is 1. The van der Waals surface area contributed by atoms with Crippen molar-refractivity contribution in [1.29, 1.82) is 0 Å². The molecule has 3 heterocycles. The van der Waals surface area contributed by atoms with Crippen molar-refractivity contribution in [3.8, 4) is 0 Å². The van der Waals surface area contributed by atoms with Crippen LogP contribution in [0, 0.1) is 6.92 Å². The van der Waals surface area contributed by atoms with E-state index in [1.807, 2.05) is 4.90 Å². The Balaban J connectivity index is 0.00000225. The molecule has 1 aromatic heterocycles. The minimum atomic E-state index is -0.349. The summed E-state index contributed by atoms with van der Waals surface area (Å²) >= 11 is 0. The second-order valence-electron chi connectivity index (χ2n) is 6.52. The van der Waals surface area contributed by atoms with E-state index in [0.29, 0.717) is 31.0 Å². The number of nitrogens with two attached hydrogens (primary N) is 1. The van der Waals surface area contributed by atoms with Crippen LogP contribution in [0.2, 0.25) is 0 Å². The Morgan fingerprint density at radius 1 is 1.28 bits per heavy atom. The van der Waals surface area contributed by atoms with Crippen LogP contribution < -0.4 is 11.1 Å². The maximum atomic E-state index is 12.5. The van der Waals surface area contributed by atoms with E-state index in [9.17, 15) is 9.59 Å². The topological polar surface area (TPSA) is 97.8 Å². The fraction of sp³-hybridized carbons (Fsp3) is 0.647. The van der Waals surface area contributed by atoms with Crippen molar-refractivity contribution in [3.05, 3.63) is 23.7 Å². The Bertz CT molecular complexity index is 598. The van der Waals surface area contributed by atoms with Crippen molar-refractivity contribution < 1.29 is 18.7 Å². The highest BCUT2D eigenvalue weighted by atomic mass is 35.5. The maximum Gasteiger partial charge on any atom is 0.255 e. The fourth-order valence-electron chi connectivity index (χ4n) is 3.39. The predicted octanol–water partition coefficient (Wildman–Crippen LogP) is 1.24. The van der Waals surface area contributed by atoms with Crippen molar-refractivity contribution in [3.63, 3.8) is 0 Å². The number of rotatable bonds is 4. The van der Waals surface area contributed by atoms with Gasteiger partial charge in [-0.25, -0.2) is 0 Å². The molecular weight excluding hydrogens is 346 g/mol. The molecule has 0 spiro atoms. The minimum Gasteiger partial charge on any atom is -0.469 e. The van der Waals surface area contributed by atoms with E-state index in [1.165, 1.54) is 6.26 Å². The standard InChI is InChI=1S/C17H25N3O4.ClH/c1-11-14(6-9-23-11)16(21)19-12-4-7-20(8-5-12)17(22)15-3-2-13(10-18)24-15;/h6,9,12-13,15H,2-5,7-8,10,18H2,1H3,(H,19,21);1H/t13-,15+;/m1./s1. The highest BCUT2D eigenvalue weighted by Crippen LogP contribution is 2.22. The van der Waals surface area contributed by atoms with Gasteiger partial charge in [0, 0.05) is 25.7 Å². The molecule has 2 atom stereocenters. The fourth-order valence-corrected chi connectivity index (χ4v) is 3.39. The number of hydrogen-bond acceptors (Lipinski definition) is 5. The van der Waals surface area contributed by atoms with Gasteiger partial charge in [0.05, 0.1) is 17.9 Å². The van der Waals surface area contributed by atoms with Gasteiger partial charge in [0.2, 0.25) is 0 Å². The number of piperidine rings is 1. The molecule has 3 N–H and O–H groups in total. The summed E-state index contributed by atoms with van der Waals surface area (Å²) in [4.78, 5) is 26.5. The minimum absolute atomic E-state index is 0. The average molecular weight is 372 g/mol. The van der Waals surface area contributed by atoms with E-state index in [4.69, 9.17) is 14.9 Å². The normalized spacial score (nSPS) is 24.0. The molecule has 7 nitrogen and oxygen atoms in total. The number of likely N-dealkylation sites (tertiary alicyclic amines) is 1. The molecule has 2 aliphatic rings. The largest absolute Gasteiger partial charge is 0.469 e. The Morgan fingerprint density at radius 2 is 2.00 bits per heavy atom. The number of furan rings is 1. The number of carbonyl (C=O) groups excluding carboxylic acids is 2. The molecule has 2 fully saturated rings. The summed E-state index contributed by atoms with van der Waals surface area (Å²) in [6.45, 7) is 3.51. The number of hydrogen-bond donors (Lipinski definition) is 2. The summed E-state index contributed by atoms with van der Waals surface area (Å²) in [7, 11) is 0. The van der Waals surface area contributed by atoms with E-state index in [1.54, 1.807) is 13.0 Å². The van der Waals surface area contributed by atoms with E-state index in [2.05, 4.69) is 5.32 Å². The second-order valence-corrected chi connectivity index (χ2v) is 6.52. The first kappa shape index (κ1) is 19.8. The summed E-state index contributed by atoms with van der Waals surface area (Å²) in [5.74, 6) is 0.560. The number of amides is 2.